The number of rotatable bonds is 6. The van der Waals surface area contributed by atoms with E-state index in [9.17, 15) is 4.79 Å². The minimum atomic E-state index is -0.518. The van der Waals surface area contributed by atoms with E-state index in [0.29, 0.717) is 19.6 Å². The van der Waals surface area contributed by atoms with Gasteiger partial charge in [0.2, 0.25) is 5.91 Å². The van der Waals surface area contributed by atoms with Crippen molar-refractivity contribution >= 4 is 17.2 Å². The molecule has 1 fully saturated rings. The Hall–Kier alpha value is -0.910. The Morgan fingerprint density at radius 2 is 2.40 bits per heavy atom. The quantitative estimate of drug-likeness (QED) is 0.876. The fourth-order valence-corrected chi connectivity index (χ4v) is 3.08. The first-order chi connectivity index (χ1) is 9.53. The number of nitrogens with two attached hydrogens (primary N) is 1. The van der Waals surface area contributed by atoms with Gasteiger partial charge in [0, 0.05) is 24.6 Å². The molecule has 112 valence electrons. The topological polar surface area (TPSA) is 55.6 Å². The smallest absolute Gasteiger partial charge is 0.229 e. The van der Waals surface area contributed by atoms with Crippen LogP contribution in [-0.4, -0.2) is 36.6 Å². The van der Waals surface area contributed by atoms with E-state index in [-0.39, 0.29) is 12.0 Å². The molecule has 0 radical (unpaired) electrons. The van der Waals surface area contributed by atoms with E-state index < -0.39 is 5.41 Å². The summed E-state index contributed by atoms with van der Waals surface area (Å²) in [7, 11) is 0. The maximum absolute atomic E-state index is 12.7. The molecule has 1 atom stereocenters. The highest BCUT2D eigenvalue weighted by Gasteiger charge is 2.32. The van der Waals surface area contributed by atoms with Gasteiger partial charge in [-0.25, -0.2) is 0 Å². The highest BCUT2D eigenvalue weighted by atomic mass is 32.1. The van der Waals surface area contributed by atoms with Gasteiger partial charge in [-0.2, -0.15) is 0 Å². The Kier molecular flexibility index (Phi) is 5.18. The average molecular weight is 296 g/mol. The highest BCUT2D eigenvalue weighted by molar-refractivity contribution is 7.09. The molecule has 0 spiro atoms. The zero-order valence-electron chi connectivity index (χ0n) is 12.3. The van der Waals surface area contributed by atoms with E-state index in [1.165, 1.54) is 4.88 Å². The van der Waals surface area contributed by atoms with E-state index in [1.807, 2.05) is 30.2 Å². The van der Waals surface area contributed by atoms with Gasteiger partial charge in [0.25, 0.3) is 0 Å². The first-order valence-corrected chi connectivity index (χ1v) is 8.04. The molecule has 1 aromatic rings. The van der Waals surface area contributed by atoms with Gasteiger partial charge in [0.1, 0.15) is 0 Å². The lowest BCUT2D eigenvalue weighted by Gasteiger charge is -2.32. The number of carbonyl (C=O) groups is 1. The molecule has 0 saturated carbocycles. The molecule has 1 aliphatic heterocycles. The predicted molar refractivity (Wildman–Crippen MR) is 81.5 cm³/mol. The summed E-state index contributed by atoms with van der Waals surface area (Å²) in [6, 6.07) is 4.08. The Balaban J connectivity index is 2.08. The van der Waals surface area contributed by atoms with E-state index in [0.717, 1.165) is 19.4 Å². The Morgan fingerprint density at radius 3 is 2.95 bits per heavy atom. The predicted octanol–water partition coefficient (Wildman–Crippen LogP) is 2.24. The van der Waals surface area contributed by atoms with Crippen molar-refractivity contribution < 1.29 is 9.53 Å². The average Bonchev–Trinajstić information content (AvgIpc) is 3.10. The second-order valence-corrected chi connectivity index (χ2v) is 7.02. The summed E-state index contributed by atoms with van der Waals surface area (Å²) in [5, 5.41) is 2.04. The Labute approximate surface area is 124 Å². The zero-order chi connectivity index (χ0) is 14.6. The largest absolute Gasteiger partial charge is 0.376 e. The van der Waals surface area contributed by atoms with E-state index in [4.69, 9.17) is 10.5 Å². The third-order valence-electron chi connectivity index (χ3n) is 3.75. The summed E-state index contributed by atoms with van der Waals surface area (Å²) in [6.45, 7) is 6.31. The number of hydrogen-bond donors (Lipinski definition) is 1. The molecule has 1 unspecified atom stereocenters. The molecule has 20 heavy (non-hydrogen) atoms. The van der Waals surface area contributed by atoms with Crippen LogP contribution in [0.4, 0.5) is 0 Å². The summed E-state index contributed by atoms with van der Waals surface area (Å²) >= 11 is 1.68. The van der Waals surface area contributed by atoms with Crippen molar-refractivity contribution in [3.63, 3.8) is 0 Å². The fourth-order valence-electron chi connectivity index (χ4n) is 2.36. The molecule has 1 saturated heterocycles. The molecule has 1 aliphatic rings. The number of hydrogen-bond acceptors (Lipinski definition) is 4. The fraction of sp³-hybridized carbons (Fsp3) is 0.667. The van der Waals surface area contributed by atoms with Crippen LogP contribution in [0.5, 0.6) is 0 Å². The summed E-state index contributed by atoms with van der Waals surface area (Å²) in [5.74, 6) is 0.115. The van der Waals surface area contributed by atoms with Crippen LogP contribution in [-0.2, 0) is 16.1 Å². The van der Waals surface area contributed by atoms with Crippen molar-refractivity contribution in [1.29, 1.82) is 0 Å². The van der Waals surface area contributed by atoms with Crippen molar-refractivity contribution in [2.45, 2.75) is 39.3 Å². The normalized spacial score (nSPS) is 19.2. The molecule has 2 rings (SSSR count). The first-order valence-electron chi connectivity index (χ1n) is 7.16. The second kappa shape index (κ2) is 6.70. The van der Waals surface area contributed by atoms with Crippen molar-refractivity contribution in [1.82, 2.24) is 4.90 Å². The Morgan fingerprint density at radius 1 is 1.60 bits per heavy atom. The molecular formula is C15H24N2O2S. The van der Waals surface area contributed by atoms with Crippen molar-refractivity contribution in [2.24, 2.45) is 11.1 Å². The molecule has 2 N–H and O–H groups in total. The van der Waals surface area contributed by atoms with Crippen molar-refractivity contribution in [3.05, 3.63) is 22.4 Å². The van der Waals surface area contributed by atoms with Crippen LogP contribution < -0.4 is 5.73 Å². The monoisotopic (exact) mass is 296 g/mol. The highest BCUT2D eigenvalue weighted by Crippen LogP contribution is 2.23. The van der Waals surface area contributed by atoms with Gasteiger partial charge in [-0.1, -0.05) is 6.07 Å². The molecule has 1 aromatic heterocycles. The molecule has 2 heterocycles. The molecule has 0 bridgehead atoms. The second-order valence-electron chi connectivity index (χ2n) is 5.99. The lowest BCUT2D eigenvalue weighted by Crippen LogP contribution is -2.46. The maximum atomic E-state index is 12.7. The minimum Gasteiger partial charge on any atom is -0.376 e. The van der Waals surface area contributed by atoms with Crippen LogP contribution in [0.15, 0.2) is 17.5 Å². The summed E-state index contributed by atoms with van der Waals surface area (Å²) in [6.07, 6.45) is 2.30. The number of thiophene rings is 1. The van der Waals surface area contributed by atoms with Crippen LogP contribution in [0, 0.1) is 5.41 Å². The van der Waals surface area contributed by atoms with Crippen LogP contribution in [0.1, 0.15) is 31.6 Å². The van der Waals surface area contributed by atoms with Crippen molar-refractivity contribution in [2.75, 3.05) is 19.7 Å². The van der Waals surface area contributed by atoms with Gasteiger partial charge >= 0.3 is 0 Å². The van der Waals surface area contributed by atoms with Gasteiger partial charge in [-0.15, -0.1) is 11.3 Å². The summed E-state index contributed by atoms with van der Waals surface area (Å²) < 4.78 is 5.68. The van der Waals surface area contributed by atoms with Crippen molar-refractivity contribution in [3.8, 4) is 0 Å². The molecule has 1 amide bonds. The summed E-state index contributed by atoms with van der Waals surface area (Å²) in [4.78, 5) is 15.8. The van der Waals surface area contributed by atoms with Crippen LogP contribution in [0.3, 0.4) is 0 Å². The van der Waals surface area contributed by atoms with Gasteiger partial charge in [0.05, 0.1) is 18.1 Å². The summed E-state index contributed by atoms with van der Waals surface area (Å²) in [5.41, 5.74) is 5.23. The zero-order valence-corrected chi connectivity index (χ0v) is 13.1. The number of carbonyl (C=O) groups excluding carboxylic acids is 1. The van der Waals surface area contributed by atoms with Gasteiger partial charge < -0.3 is 15.4 Å². The SMILES string of the molecule is CC(C)(CN)C(=O)N(Cc1cccs1)CC1CCCO1. The maximum Gasteiger partial charge on any atom is 0.229 e. The van der Waals surface area contributed by atoms with Gasteiger partial charge in [0.15, 0.2) is 0 Å². The lowest BCUT2D eigenvalue weighted by molar-refractivity contribution is -0.142. The molecule has 0 aliphatic carbocycles. The number of nitrogens with zero attached hydrogens (tertiary/aromatic N) is 1. The molecule has 0 aromatic carbocycles. The van der Waals surface area contributed by atoms with E-state index in [2.05, 4.69) is 6.07 Å². The molecule has 5 heteroatoms. The lowest BCUT2D eigenvalue weighted by atomic mass is 9.91. The van der Waals surface area contributed by atoms with Crippen LogP contribution >= 0.6 is 11.3 Å². The third kappa shape index (κ3) is 3.81. The molecule has 4 nitrogen and oxygen atoms in total. The van der Waals surface area contributed by atoms with Crippen LogP contribution in [0.25, 0.3) is 0 Å². The Bertz CT molecular complexity index is 425. The first kappa shape index (κ1) is 15.5. The standard InChI is InChI=1S/C15H24N2O2S/c1-15(2,11-16)14(18)17(9-12-5-3-7-19-12)10-13-6-4-8-20-13/h4,6,8,12H,3,5,7,9-11,16H2,1-2H3. The molecular weight excluding hydrogens is 272 g/mol. The third-order valence-corrected chi connectivity index (χ3v) is 4.61. The minimum absolute atomic E-state index is 0.115. The van der Waals surface area contributed by atoms with E-state index >= 15 is 0 Å². The van der Waals surface area contributed by atoms with E-state index in [1.54, 1.807) is 11.3 Å². The van der Waals surface area contributed by atoms with Gasteiger partial charge in [-0.05, 0) is 38.1 Å². The van der Waals surface area contributed by atoms with Crippen LogP contribution in [0.2, 0.25) is 0 Å². The van der Waals surface area contributed by atoms with Gasteiger partial charge in [-0.3, -0.25) is 4.79 Å². The number of amides is 1. The number of ether oxygens (including phenoxy) is 1.